The first-order chi connectivity index (χ1) is 9.76. The molecule has 1 saturated heterocycles. The van der Waals surface area contributed by atoms with Crippen molar-refractivity contribution in [3.8, 4) is 5.75 Å². The van der Waals surface area contributed by atoms with E-state index < -0.39 is 0 Å². The highest BCUT2D eigenvalue weighted by molar-refractivity contribution is 5.87. The first-order valence-corrected chi connectivity index (χ1v) is 6.77. The van der Waals surface area contributed by atoms with E-state index in [2.05, 4.69) is 4.98 Å². The number of aromatic nitrogens is 1. The molecule has 0 amide bonds. The van der Waals surface area contributed by atoms with Gasteiger partial charge < -0.3 is 19.2 Å². The van der Waals surface area contributed by atoms with Crippen LogP contribution in [0, 0.1) is 0 Å². The number of esters is 1. The van der Waals surface area contributed by atoms with Gasteiger partial charge in [0.1, 0.15) is 18.5 Å². The van der Waals surface area contributed by atoms with Crippen molar-refractivity contribution in [2.75, 3.05) is 19.8 Å². The van der Waals surface area contributed by atoms with Crippen molar-refractivity contribution >= 4 is 16.9 Å². The van der Waals surface area contributed by atoms with Crippen LogP contribution in [0.15, 0.2) is 24.3 Å². The normalized spacial score (nSPS) is 17.1. The average Bonchev–Trinajstić information content (AvgIpc) is 3.15. The Morgan fingerprint density at radius 3 is 3.10 bits per heavy atom. The first-order valence-electron chi connectivity index (χ1n) is 6.77. The van der Waals surface area contributed by atoms with Gasteiger partial charge in [-0.1, -0.05) is 6.07 Å². The summed E-state index contributed by atoms with van der Waals surface area (Å²) in [6, 6.07) is 7.75. The molecular weight excluding hydrogens is 258 g/mol. The minimum absolute atomic E-state index is 0.225. The molecule has 1 aliphatic rings. The third-order valence-electron chi connectivity index (χ3n) is 3.15. The summed E-state index contributed by atoms with van der Waals surface area (Å²) in [6.45, 7) is 3.54. The van der Waals surface area contributed by atoms with Crippen LogP contribution >= 0.6 is 0 Å². The number of nitrogens with one attached hydrogen (secondary N) is 1. The van der Waals surface area contributed by atoms with Crippen LogP contribution in [0.2, 0.25) is 0 Å². The van der Waals surface area contributed by atoms with Gasteiger partial charge in [0.15, 0.2) is 0 Å². The van der Waals surface area contributed by atoms with Gasteiger partial charge in [-0.05, 0) is 25.1 Å². The number of ether oxygens (including phenoxy) is 3. The SMILES string of the molecule is CCOC(=O)Cc1cc2c(OCC3CO3)cccc2[nH]1. The molecule has 20 heavy (non-hydrogen) atoms. The predicted octanol–water partition coefficient (Wildman–Crippen LogP) is 2.05. The van der Waals surface area contributed by atoms with E-state index in [4.69, 9.17) is 14.2 Å². The maximum Gasteiger partial charge on any atom is 0.311 e. The molecular formula is C15H17NO4. The van der Waals surface area contributed by atoms with Crippen LogP contribution in [0.3, 0.4) is 0 Å². The standard InChI is InChI=1S/C15H17NO4/c1-2-18-15(17)7-10-6-12-13(16-10)4-3-5-14(12)20-9-11-8-19-11/h3-6,11,16H,2,7-9H2,1H3. The molecule has 106 valence electrons. The Kier molecular flexibility index (Phi) is 3.60. The van der Waals surface area contributed by atoms with Gasteiger partial charge >= 0.3 is 5.97 Å². The van der Waals surface area contributed by atoms with Crippen LogP contribution in [-0.2, 0) is 20.7 Å². The van der Waals surface area contributed by atoms with Gasteiger partial charge in [0.05, 0.1) is 19.6 Å². The second kappa shape index (κ2) is 5.54. The Bertz CT molecular complexity index is 615. The molecule has 1 aliphatic heterocycles. The van der Waals surface area contributed by atoms with Gasteiger partial charge in [0, 0.05) is 16.6 Å². The number of epoxide rings is 1. The number of hydrogen-bond acceptors (Lipinski definition) is 4. The molecule has 2 heterocycles. The highest BCUT2D eigenvalue weighted by Crippen LogP contribution is 2.27. The van der Waals surface area contributed by atoms with E-state index in [1.807, 2.05) is 24.3 Å². The largest absolute Gasteiger partial charge is 0.490 e. The summed E-state index contributed by atoms with van der Waals surface area (Å²) >= 11 is 0. The molecule has 1 fully saturated rings. The summed E-state index contributed by atoms with van der Waals surface area (Å²) in [5.74, 6) is 0.581. The maximum atomic E-state index is 11.5. The van der Waals surface area contributed by atoms with Crippen LogP contribution in [0.5, 0.6) is 5.75 Å². The van der Waals surface area contributed by atoms with Crippen molar-refractivity contribution < 1.29 is 19.0 Å². The third-order valence-corrected chi connectivity index (χ3v) is 3.15. The Labute approximate surface area is 116 Å². The Morgan fingerprint density at radius 1 is 1.50 bits per heavy atom. The van der Waals surface area contributed by atoms with Crippen molar-refractivity contribution in [2.24, 2.45) is 0 Å². The number of aromatic amines is 1. The zero-order chi connectivity index (χ0) is 13.9. The molecule has 1 atom stereocenters. The number of carbonyl (C=O) groups is 1. The van der Waals surface area contributed by atoms with E-state index >= 15 is 0 Å². The topological polar surface area (TPSA) is 63.9 Å². The van der Waals surface area contributed by atoms with Gasteiger partial charge in [-0.3, -0.25) is 4.79 Å². The molecule has 5 nitrogen and oxygen atoms in total. The molecule has 0 saturated carbocycles. The number of hydrogen-bond donors (Lipinski definition) is 1. The Morgan fingerprint density at radius 2 is 2.35 bits per heavy atom. The molecule has 5 heteroatoms. The van der Waals surface area contributed by atoms with Crippen molar-refractivity contribution in [1.29, 1.82) is 0 Å². The molecule has 1 aromatic carbocycles. The zero-order valence-corrected chi connectivity index (χ0v) is 11.3. The fourth-order valence-corrected chi connectivity index (χ4v) is 2.12. The Hall–Kier alpha value is -2.01. The lowest BCUT2D eigenvalue weighted by Crippen LogP contribution is -2.07. The highest BCUT2D eigenvalue weighted by Gasteiger charge is 2.23. The molecule has 3 rings (SSSR count). The lowest BCUT2D eigenvalue weighted by Gasteiger charge is -2.04. The summed E-state index contributed by atoms with van der Waals surface area (Å²) in [5, 5.41) is 0.979. The monoisotopic (exact) mass is 275 g/mol. The van der Waals surface area contributed by atoms with Crippen LogP contribution in [0.25, 0.3) is 10.9 Å². The Balaban J connectivity index is 1.78. The fraction of sp³-hybridized carbons (Fsp3) is 0.400. The third kappa shape index (κ3) is 2.93. The van der Waals surface area contributed by atoms with Crippen LogP contribution in [0.1, 0.15) is 12.6 Å². The minimum atomic E-state index is -0.229. The van der Waals surface area contributed by atoms with Crippen molar-refractivity contribution in [3.05, 3.63) is 30.0 Å². The lowest BCUT2D eigenvalue weighted by molar-refractivity contribution is -0.142. The number of carbonyl (C=O) groups excluding carboxylic acids is 1. The lowest BCUT2D eigenvalue weighted by atomic mass is 10.2. The molecule has 1 unspecified atom stereocenters. The van der Waals surface area contributed by atoms with E-state index in [0.717, 1.165) is 29.0 Å². The molecule has 2 aromatic rings. The second-order valence-electron chi connectivity index (χ2n) is 4.76. The molecule has 1 aromatic heterocycles. The quantitative estimate of drug-likeness (QED) is 0.647. The summed E-state index contributed by atoms with van der Waals surface area (Å²) in [5.41, 5.74) is 1.79. The molecule has 0 bridgehead atoms. The van der Waals surface area contributed by atoms with Crippen molar-refractivity contribution in [2.45, 2.75) is 19.4 Å². The fourth-order valence-electron chi connectivity index (χ4n) is 2.12. The summed E-state index contributed by atoms with van der Waals surface area (Å²) in [6.07, 6.45) is 0.469. The van der Waals surface area contributed by atoms with Gasteiger partial charge in [0.2, 0.25) is 0 Å². The smallest absolute Gasteiger partial charge is 0.311 e. The average molecular weight is 275 g/mol. The van der Waals surface area contributed by atoms with Crippen LogP contribution in [0.4, 0.5) is 0 Å². The van der Waals surface area contributed by atoms with Crippen LogP contribution < -0.4 is 4.74 Å². The van der Waals surface area contributed by atoms with Crippen molar-refractivity contribution in [1.82, 2.24) is 4.98 Å². The summed E-state index contributed by atoms with van der Waals surface area (Å²) in [4.78, 5) is 14.7. The number of rotatable bonds is 6. The first kappa shape index (κ1) is 13.0. The number of fused-ring (bicyclic) bond motifs is 1. The molecule has 0 spiro atoms. The molecule has 0 radical (unpaired) electrons. The second-order valence-corrected chi connectivity index (χ2v) is 4.76. The van der Waals surface area contributed by atoms with Gasteiger partial charge in [-0.25, -0.2) is 0 Å². The zero-order valence-electron chi connectivity index (χ0n) is 11.3. The predicted molar refractivity (Wildman–Crippen MR) is 73.9 cm³/mol. The maximum absolute atomic E-state index is 11.5. The summed E-state index contributed by atoms with van der Waals surface area (Å²) in [7, 11) is 0. The van der Waals surface area contributed by atoms with Gasteiger partial charge in [-0.15, -0.1) is 0 Å². The number of H-pyrrole nitrogens is 1. The van der Waals surface area contributed by atoms with Gasteiger partial charge in [-0.2, -0.15) is 0 Å². The number of benzene rings is 1. The minimum Gasteiger partial charge on any atom is -0.490 e. The molecule has 1 N–H and O–H groups in total. The summed E-state index contributed by atoms with van der Waals surface area (Å²) < 4.78 is 15.8. The van der Waals surface area contributed by atoms with E-state index in [1.165, 1.54) is 0 Å². The van der Waals surface area contributed by atoms with Crippen LogP contribution in [-0.4, -0.2) is 36.9 Å². The molecule has 0 aliphatic carbocycles. The van der Waals surface area contributed by atoms with E-state index in [1.54, 1.807) is 6.92 Å². The van der Waals surface area contributed by atoms with E-state index in [-0.39, 0.29) is 18.5 Å². The van der Waals surface area contributed by atoms with E-state index in [9.17, 15) is 4.79 Å². The van der Waals surface area contributed by atoms with E-state index in [0.29, 0.717) is 13.2 Å². The van der Waals surface area contributed by atoms with Gasteiger partial charge in [0.25, 0.3) is 0 Å². The highest BCUT2D eigenvalue weighted by atomic mass is 16.6. The van der Waals surface area contributed by atoms with Crippen molar-refractivity contribution in [3.63, 3.8) is 0 Å².